The lowest BCUT2D eigenvalue weighted by Gasteiger charge is -2.13. The fourth-order valence-corrected chi connectivity index (χ4v) is 1.22. The van der Waals surface area contributed by atoms with Crippen LogP contribution in [-0.4, -0.2) is 40.4 Å². The van der Waals surface area contributed by atoms with E-state index < -0.39 is 11.9 Å². The lowest BCUT2D eigenvalue weighted by molar-refractivity contribution is 0.0879. The summed E-state index contributed by atoms with van der Waals surface area (Å²) < 4.78 is 0. The summed E-state index contributed by atoms with van der Waals surface area (Å²) in [7, 11) is 0. The number of halogens is 1. The number of amides is 1. The second-order valence-corrected chi connectivity index (χ2v) is 3.50. The van der Waals surface area contributed by atoms with Crippen molar-refractivity contribution >= 4 is 23.2 Å². The van der Waals surface area contributed by atoms with Crippen LogP contribution in [0.1, 0.15) is 10.4 Å². The molecule has 1 heterocycles. The zero-order valence-corrected chi connectivity index (χ0v) is 9.11. The van der Waals surface area contributed by atoms with Gasteiger partial charge in [-0.15, -0.1) is 0 Å². The van der Waals surface area contributed by atoms with E-state index in [2.05, 4.69) is 10.3 Å². The number of aliphatic hydroxyl groups is 2. The molecule has 0 spiro atoms. The van der Waals surface area contributed by atoms with Crippen LogP contribution in [0.5, 0.6) is 0 Å². The number of aliphatic hydroxyl groups excluding tert-OH is 2. The maximum absolute atomic E-state index is 11.6. The highest BCUT2D eigenvalue weighted by Crippen LogP contribution is 2.15. The highest BCUT2D eigenvalue weighted by molar-refractivity contribution is 6.32. The maximum atomic E-state index is 11.6. The predicted molar refractivity (Wildman–Crippen MR) is 59.1 cm³/mol. The van der Waals surface area contributed by atoms with Gasteiger partial charge in [-0.1, -0.05) is 11.6 Å². The summed E-state index contributed by atoms with van der Waals surface area (Å²) in [6, 6.07) is 0.640. The number of hydrogen-bond acceptors (Lipinski definition) is 5. The molecule has 0 aliphatic heterocycles. The van der Waals surface area contributed by atoms with Crippen molar-refractivity contribution in [2.45, 2.75) is 6.04 Å². The zero-order chi connectivity index (χ0) is 12.1. The first-order valence-electron chi connectivity index (χ1n) is 4.52. The fraction of sp³-hybridized carbons (Fsp3) is 0.333. The number of anilines is 1. The Morgan fingerprint density at radius 2 is 2.19 bits per heavy atom. The summed E-state index contributed by atoms with van der Waals surface area (Å²) in [4.78, 5) is 15.3. The van der Waals surface area contributed by atoms with E-state index in [1.54, 1.807) is 0 Å². The Morgan fingerprint density at radius 1 is 1.56 bits per heavy atom. The molecule has 0 unspecified atom stereocenters. The van der Waals surface area contributed by atoms with Crippen LogP contribution in [0.4, 0.5) is 5.69 Å². The van der Waals surface area contributed by atoms with E-state index in [9.17, 15) is 4.79 Å². The maximum Gasteiger partial charge on any atom is 0.254 e. The van der Waals surface area contributed by atoms with E-state index in [4.69, 9.17) is 27.5 Å². The molecule has 1 aromatic heterocycles. The first kappa shape index (κ1) is 12.7. The van der Waals surface area contributed by atoms with Gasteiger partial charge in [-0.2, -0.15) is 0 Å². The molecule has 7 heteroatoms. The summed E-state index contributed by atoms with van der Waals surface area (Å²) in [6.45, 7) is -0.731. The van der Waals surface area contributed by atoms with Crippen molar-refractivity contribution in [3.63, 3.8) is 0 Å². The number of hydrogen-bond donors (Lipinski definition) is 4. The third kappa shape index (κ3) is 3.06. The summed E-state index contributed by atoms with van der Waals surface area (Å²) in [5.41, 5.74) is 5.87. The van der Waals surface area contributed by atoms with Gasteiger partial charge in [0.15, 0.2) is 0 Å². The van der Waals surface area contributed by atoms with Crippen LogP contribution in [0.2, 0.25) is 5.15 Å². The van der Waals surface area contributed by atoms with Crippen LogP contribution < -0.4 is 11.1 Å². The van der Waals surface area contributed by atoms with Crippen molar-refractivity contribution in [1.82, 2.24) is 10.3 Å². The number of rotatable bonds is 4. The number of nitrogens with one attached hydrogen (secondary N) is 1. The number of pyridine rings is 1. The van der Waals surface area contributed by atoms with Crippen LogP contribution in [0.15, 0.2) is 12.3 Å². The highest BCUT2D eigenvalue weighted by Gasteiger charge is 2.15. The molecule has 0 aromatic carbocycles. The zero-order valence-electron chi connectivity index (χ0n) is 8.35. The summed E-state index contributed by atoms with van der Waals surface area (Å²) in [5, 5.41) is 20.0. The molecule has 6 nitrogen and oxygen atoms in total. The number of carbonyl (C=O) groups excluding carboxylic acids is 1. The standard InChI is InChI=1S/C9H12ClN3O3/c10-8-7(1-5(11)2-12-8)9(16)13-6(3-14)4-15/h1-2,6,14-15H,3-4,11H2,(H,13,16). The fourth-order valence-electron chi connectivity index (χ4n) is 1.04. The average molecular weight is 246 g/mol. The van der Waals surface area contributed by atoms with Gasteiger partial charge in [0.05, 0.1) is 36.7 Å². The van der Waals surface area contributed by atoms with E-state index in [0.29, 0.717) is 5.69 Å². The van der Waals surface area contributed by atoms with Crippen molar-refractivity contribution in [3.05, 3.63) is 23.0 Å². The van der Waals surface area contributed by atoms with Gasteiger partial charge < -0.3 is 21.3 Å². The number of carbonyl (C=O) groups is 1. The Morgan fingerprint density at radius 3 is 2.75 bits per heavy atom. The molecule has 0 aliphatic rings. The molecule has 0 saturated heterocycles. The molecule has 0 bridgehead atoms. The van der Waals surface area contributed by atoms with Gasteiger partial charge in [-0.05, 0) is 6.07 Å². The summed E-state index contributed by atoms with van der Waals surface area (Å²) in [5.74, 6) is -0.544. The van der Waals surface area contributed by atoms with E-state index in [1.807, 2.05) is 0 Å². The smallest absolute Gasteiger partial charge is 0.254 e. The third-order valence-corrected chi connectivity index (χ3v) is 2.18. The molecule has 1 rings (SSSR count). The van der Waals surface area contributed by atoms with Crippen molar-refractivity contribution in [2.75, 3.05) is 18.9 Å². The van der Waals surface area contributed by atoms with Gasteiger partial charge in [0.1, 0.15) is 5.15 Å². The largest absolute Gasteiger partial charge is 0.397 e. The van der Waals surface area contributed by atoms with Gasteiger partial charge in [0.2, 0.25) is 0 Å². The Labute approximate surface area is 97.1 Å². The molecule has 16 heavy (non-hydrogen) atoms. The number of aromatic nitrogens is 1. The van der Waals surface area contributed by atoms with Crippen molar-refractivity contribution in [2.24, 2.45) is 0 Å². The Balaban J connectivity index is 2.83. The van der Waals surface area contributed by atoms with Gasteiger partial charge in [0.25, 0.3) is 5.91 Å². The first-order chi connectivity index (χ1) is 7.58. The monoisotopic (exact) mass is 245 g/mol. The van der Waals surface area contributed by atoms with E-state index in [-0.39, 0.29) is 23.9 Å². The van der Waals surface area contributed by atoms with E-state index in [0.717, 1.165) is 0 Å². The summed E-state index contributed by atoms with van der Waals surface area (Å²) >= 11 is 5.71. The Hall–Kier alpha value is -1.37. The predicted octanol–water partition coefficient (Wildman–Crippen LogP) is -0.600. The normalized spacial score (nSPS) is 10.5. The molecule has 0 radical (unpaired) electrons. The lowest BCUT2D eigenvalue weighted by Crippen LogP contribution is -2.40. The van der Waals surface area contributed by atoms with Crippen molar-refractivity contribution < 1.29 is 15.0 Å². The molecular formula is C9H12ClN3O3. The van der Waals surface area contributed by atoms with Gasteiger partial charge >= 0.3 is 0 Å². The van der Waals surface area contributed by atoms with E-state index >= 15 is 0 Å². The first-order valence-corrected chi connectivity index (χ1v) is 4.90. The molecule has 1 aromatic rings. The van der Waals surface area contributed by atoms with E-state index in [1.165, 1.54) is 12.3 Å². The number of nitrogens with two attached hydrogens (primary N) is 1. The molecule has 0 saturated carbocycles. The average Bonchev–Trinajstić information content (AvgIpc) is 2.28. The second kappa shape index (κ2) is 5.64. The Kier molecular flexibility index (Phi) is 4.48. The highest BCUT2D eigenvalue weighted by atomic mass is 35.5. The molecule has 0 aliphatic carbocycles. The van der Waals surface area contributed by atoms with Gasteiger partial charge in [0, 0.05) is 0 Å². The van der Waals surface area contributed by atoms with Gasteiger partial charge in [-0.3, -0.25) is 4.79 Å². The van der Waals surface area contributed by atoms with Crippen molar-refractivity contribution in [1.29, 1.82) is 0 Å². The topological polar surface area (TPSA) is 108 Å². The molecule has 0 fully saturated rings. The molecule has 0 atom stereocenters. The van der Waals surface area contributed by atoms with Crippen LogP contribution in [0.25, 0.3) is 0 Å². The number of nitrogens with zero attached hydrogens (tertiary/aromatic N) is 1. The van der Waals surface area contributed by atoms with Crippen LogP contribution >= 0.6 is 11.6 Å². The lowest BCUT2D eigenvalue weighted by atomic mass is 10.2. The minimum absolute atomic E-state index is 0.0151. The van der Waals surface area contributed by atoms with Crippen LogP contribution in [0, 0.1) is 0 Å². The minimum Gasteiger partial charge on any atom is -0.397 e. The van der Waals surface area contributed by atoms with Gasteiger partial charge in [-0.25, -0.2) is 4.98 Å². The van der Waals surface area contributed by atoms with Crippen LogP contribution in [-0.2, 0) is 0 Å². The quantitative estimate of drug-likeness (QED) is 0.530. The molecule has 1 amide bonds. The molecule has 88 valence electrons. The second-order valence-electron chi connectivity index (χ2n) is 3.14. The third-order valence-electron chi connectivity index (χ3n) is 1.88. The van der Waals surface area contributed by atoms with Crippen molar-refractivity contribution in [3.8, 4) is 0 Å². The summed E-state index contributed by atoms with van der Waals surface area (Å²) in [6.07, 6.45) is 1.33. The molecule has 5 N–H and O–H groups in total. The van der Waals surface area contributed by atoms with Crippen LogP contribution in [0.3, 0.4) is 0 Å². The molecular weight excluding hydrogens is 234 g/mol. The SMILES string of the molecule is Nc1cnc(Cl)c(C(=O)NC(CO)CO)c1. The Bertz CT molecular complexity index is 382. The number of nitrogen functional groups attached to an aromatic ring is 1. The minimum atomic E-state index is -0.731.